The van der Waals surface area contributed by atoms with Gasteiger partial charge in [-0.1, -0.05) is 6.08 Å². The fraction of sp³-hybridized carbons (Fsp3) is 0.455. The number of nitrogens with zero attached hydrogens (tertiary/aromatic N) is 4. The summed E-state index contributed by atoms with van der Waals surface area (Å²) in [6.45, 7) is 7.06. The molecule has 0 aromatic carbocycles. The Labute approximate surface area is 185 Å². The number of carbonyl (C=O) groups excluding carboxylic acids is 2. The number of hydrogen-bond donors (Lipinski definition) is 0. The Bertz CT molecular complexity index is 998. The number of anilines is 1. The number of cyclic esters (lactones) is 1. The van der Waals surface area contributed by atoms with E-state index in [0.717, 1.165) is 11.1 Å². The molecule has 0 radical (unpaired) electrons. The molecule has 2 aliphatic heterocycles. The van der Waals surface area contributed by atoms with E-state index in [4.69, 9.17) is 18.7 Å². The lowest BCUT2D eigenvalue weighted by Gasteiger charge is -2.29. The minimum absolute atomic E-state index is 0.167. The van der Waals surface area contributed by atoms with Crippen LogP contribution in [0.5, 0.6) is 5.88 Å². The van der Waals surface area contributed by atoms with Gasteiger partial charge in [0.15, 0.2) is 6.10 Å². The first kappa shape index (κ1) is 21.7. The number of pyridine rings is 1. The summed E-state index contributed by atoms with van der Waals surface area (Å²) in [5, 5.41) is 3.67. The van der Waals surface area contributed by atoms with Gasteiger partial charge in [0.1, 0.15) is 24.3 Å². The predicted octanol–water partition coefficient (Wildman–Crippen LogP) is 3.50. The molecule has 1 atom stereocenters. The molecule has 2 aromatic heterocycles. The molecule has 10 nitrogen and oxygen atoms in total. The molecule has 4 heterocycles. The van der Waals surface area contributed by atoms with E-state index in [2.05, 4.69) is 10.1 Å². The van der Waals surface area contributed by atoms with Crippen LogP contribution in [0, 0.1) is 0 Å². The Morgan fingerprint density at radius 3 is 2.84 bits per heavy atom. The number of ether oxygens (including phenoxy) is 3. The van der Waals surface area contributed by atoms with E-state index >= 15 is 0 Å². The van der Waals surface area contributed by atoms with Gasteiger partial charge in [0.2, 0.25) is 0 Å². The van der Waals surface area contributed by atoms with Gasteiger partial charge in [-0.15, -0.1) is 0 Å². The van der Waals surface area contributed by atoms with Crippen molar-refractivity contribution in [2.45, 2.75) is 38.9 Å². The van der Waals surface area contributed by atoms with Crippen LogP contribution in [-0.4, -0.2) is 65.2 Å². The number of rotatable bonds is 5. The van der Waals surface area contributed by atoms with E-state index in [-0.39, 0.29) is 12.7 Å². The van der Waals surface area contributed by atoms with E-state index in [0.29, 0.717) is 37.8 Å². The van der Waals surface area contributed by atoms with Crippen molar-refractivity contribution in [3.63, 3.8) is 0 Å². The fourth-order valence-corrected chi connectivity index (χ4v) is 3.44. The number of hydrogen-bond acceptors (Lipinski definition) is 8. The van der Waals surface area contributed by atoms with Crippen molar-refractivity contribution in [1.82, 2.24) is 15.0 Å². The molecule has 0 bridgehead atoms. The van der Waals surface area contributed by atoms with Crippen LogP contribution < -0.4 is 9.64 Å². The molecular formula is C22H26N4O6. The fourth-order valence-electron chi connectivity index (χ4n) is 3.44. The lowest BCUT2D eigenvalue weighted by molar-refractivity contribution is 0.0270. The van der Waals surface area contributed by atoms with E-state index in [9.17, 15) is 9.59 Å². The molecule has 0 aliphatic carbocycles. The molecule has 2 aliphatic rings. The van der Waals surface area contributed by atoms with Crippen LogP contribution in [0.25, 0.3) is 5.57 Å². The van der Waals surface area contributed by atoms with E-state index in [1.54, 1.807) is 17.2 Å². The van der Waals surface area contributed by atoms with E-state index in [1.165, 1.54) is 11.2 Å². The van der Waals surface area contributed by atoms with Gasteiger partial charge in [-0.2, -0.15) is 0 Å². The zero-order chi connectivity index (χ0) is 22.7. The smallest absolute Gasteiger partial charge is 0.416 e. The van der Waals surface area contributed by atoms with Crippen molar-refractivity contribution < 1.29 is 28.3 Å². The van der Waals surface area contributed by atoms with Gasteiger partial charge in [0.05, 0.1) is 6.54 Å². The molecule has 170 valence electrons. The van der Waals surface area contributed by atoms with Crippen molar-refractivity contribution in [2.75, 3.05) is 31.1 Å². The Balaban J connectivity index is 1.38. The summed E-state index contributed by atoms with van der Waals surface area (Å²) < 4.78 is 21.0. The van der Waals surface area contributed by atoms with Gasteiger partial charge in [0, 0.05) is 25.4 Å². The lowest BCUT2D eigenvalue weighted by atomic mass is 10.0. The molecule has 10 heteroatoms. The molecule has 1 saturated heterocycles. The zero-order valence-electron chi connectivity index (χ0n) is 18.3. The van der Waals surface area contributed by atoms with Crippen LogP contribution in [0.4, 0.5) is 15.4 Å². The third kappa shape index (κ3) is 5.19. The van der Waals surface area contributed by atoms with Gasteiger partial charge >= 0.3 is 12.2 Å². The normalized spacial score (nSPS) is 18.9. The van der Waals surface area contributed by atoms with Gasteiger partial charge < -0.3 is 23.6 Å². The van der Waals surface area contributed by atoms with Crippen molar-refractivity contribution in [1.29, 1.82) is 0 Å². The Morgan fingerprint density at radius 2 is 2.16 bits per heavy atom. The SMILES string of the molecule is CC(C)(C)OC(=O)N1CC=C(c2ccnc(N3C[C@H](COc4ccon4)OC3=O)c2)CC1. The minimum Gasteiger partial charge on any atom is -0.471 e. The monoisotopic (exact) mass is 442 g/mol. The van der Waals surface area contributed by atoms with Crippen LogP contribution in [0.15, 0.2) is 41.3 Å². The lowest BCUT2D eigenvalue weighted by Crippen LogP contribution is -2.39. The molecule has 0 saturated carbocycles. The maximum Gasteiger partial charge on any atom is 0.416 e. The van der Waals surface area contributed by atoms with Crippen LogP contribution in [0.2, 0.25) is 0 Å². The molecule has 2 amide bonds. The van der Waals surface area contributed by atoms with Gasteiger partial charge in [-0.3, -0.25) is 4.90 Å². The standard InChI is InChI=1S/C22H26N4O6/c1-22(2,3)32-20(27)25-9-5-15(6-10-25)16-4-8-23-18(12-16)26-13-17(31-21(26)28)14-29-19-7-11-30-24-19/h4-5,7-8,11-12,17H,6,9-10,13-14H2,1-3H3/t17-/m1/s1. The highest BCUT2D eigenvalue weighted by Gasteiger charge is 2.34. The quantitative estimate of drug-likeness (QED) is 0.692. The molecule has 0 spiro atoms. The summed E-state index contributed by atoms with van der Waals surface area (Å²) in [5.74, 6) is 0.844. The van der Waals surface area contributed by atoms with Crippen molar-refractivity contribution in [3.8, 4) is 5.88 Å². The number of amides is 2. The summed E-state index contributed by atoms with van der Waals surface area (Å²) in [6, 6.07) is 5.34. The van der Waals surface area contributed by atoms with E-state index in [1.807, 2.05) is 39.0 Å². The molecular weight excluding hydrogens is 416 g/mol. The third-order valence-electron chi connectivity index (χ3n) is 4.96. The highest BCUT2D eigenvalue weighted by Crippen LogP contribution is 2.27. The highest BCUT2D eigenvalue weighted by molar-refractivity contribution is 5.89. The Kier molecular flexibility index (Phi) is 6.02. The summed E-state index contributed by atoms with van der Waals surface area (Å²) in [5.41, 5.74) is 1.52. The van der Waals surface area contributed by atoms with Crippen LogP contribution in [-0.2, 0) is 9.47 Å². The average Bonchev–Trinajstić information content (AvgIpc) is 3.41. The second kappa shape index (κ2) is 8.89. The van der Waals surface area contributed by atoms with Crippen LogP contribution in [0.3, 0.4) is 0 Å². The largest absolute Gasteiger partial charge is 0.471 e. The first-order valence-corrected chi connectivity index (χ1v) is 10.4. The van der Waals surface area contributed by atoms with E-state index < -0.39 is 17.8 Å². The summed E-state index contributed by atoms with van der Waals surface area (Å²) in [6.07, 6.45) is 4.52. The molecule has 2 aromatic rings. The molecule has 0 N–H and O–H groups in total. The first-order valence-electron chi connectivity index (χ1n) is 10.4. The highest BCUT2D eigenvalue weighted by atomic mass is 16.6. The average molecular weight is 442 g/mol. The maximum absolute atomic E-state index is 12.4. The van der Waals surface area contributed by atoms with Crippen molar-refractivity contribution >= 4 is 23.6 Å². The molecule has 4 rings (SSSR count). The predicted molar refractivity (Wildman–Crippen MR) is 114 cm³/mol. The zero-order valence-corrected chi connectivity index (χ0v) is 18.3. The van der Waals surface area contributed by atoms with Crippen LogP contribution >= 0.6 is 0 Å². The third-order valence-corrected chi connectivity index (χ3v) is 4.96. The van der Waals surface area contributed by atoms with Gasteiger partial charge in [-0.25, -0.2) is 14.6 Å². The first-order chi connectivity index (χ1) is 15.3. The number of aromatic nitrogens is 2. The second-order valence-electron chi connectivity index (χ2n) is 8.57. The van der Waals surface area contributed by atoms with Gasteiger partial charge in [-0.05, 0) is 55.6 Å². The minimum atomic E-state index is -0.524. The number of carbonyl (C=O) groups is 2. The van der Waals surface area contributed by atoms with Gasteiger partial charge in [0.25, 0.3) is 5.88 Å². The second-order valence-corrected chi connectivity index (χ2v) is 8.57. The Hall–Kier alpha value is -3.56. The van der Waals surface area contributed by atoms with Crippen molar-refractivity contribution in [2.24, 2.45) is 0 Å². The summed E-state index contributed by atoms with van der Waals surface area (Å²) in [4.78, 5) is 32.1. The maximum atomic E-state index is 12.4. The van der Waals surface area contributed by atoms with Crippen LogP contribution in [0.1, 0.15) is 32.8 Å². The van der Waals surface area contributed by atoms with Crippen molar-refractivity contribution in [3.05, 3.63) is 42.3 Å². The molecule has 1 fully saturated rings. The summed E-state index contributed by atoms with van der Waals surface area (Å²) in [7, 11) is 0. The Morgan fingerprint density at radius 1 is 1.31 bits per heavy atom. The summed E-state index contributed by atoms with van der Waals surface area (Å²) >= 11 is 0. The molecule has 0 unspecified atom stereocenters. The topological polar surface area (TPSA) is 107 Å². The molecule has 32 heavy (non-hydrogen) atoms.